The first-order valence-electron chi connectivity index (χ1n) is 8.70. The van der Waals surface area contributed by atoms with Crippen molar-refractivity contribution in [2.75, 3.05) is 27.0 Å². The van der Waals surface area contributed by atoms with Crippen LogP contribution >= 0.6 is 11.8 Å². The van der Waals surface area contributed by atoms with E-state index in [9.17, 15) is 4.79 Å². The normalized spacial score (nSPS) is 16.8. The van der Waals surface area contributed by atoms with Crippen LogP contribution in [0.1, 0.15) is 31.2 Å². The maximum Gasteiger partial charge on any atom is 0.265 e. The molecule has 0 fully saturated rings. The Bertz CT molecular complexity index is 724. The van der Waals surface area contributed by atoms with Crippen LogP contribution in [-0.4, -0.2) is 37.8 Å². The van der Waals surface area contributed by atoms with Crippen molar-refractivity contribution in [2.45, 2.75) is 32.1 Å². The molecule has 0 unspecified atom stereocenters. The number of allylic oxidation sites excluding steroid dienone is 2. The van der Waals surface area contributed by atoms with Crippen LogP contribution in [0, 0.1) is 0 Å². The first-order valence-corrected chi connectivity index (χ1v) is 9.92. The highest BCUT2D eigenvalue weighted by Gasteiger charge is 2.34. The molecular formula is C20H25NO3S. The standard InChI is InChI=1S/C20H25NO3S/c1-23-17-11-10-14(13-18(17)24-2)7-6-12-21-16-9-5-4-8-15(16)19(25-3)20(21)22/h9-11,13H,4-8,12H2,1-3H3. The number of amides is 1. The van der Waals surface area contributed by atoms with E-state index in [0.29, 0.717) is 0 Å². The number of fused-ring (bicyclic) bond motifs is 1. The Hall–Kier alpha value is -1.88. The maximum atomic E-state index is 12.7. The van der Waals surface area contributed by atoms with Gasteiger partial charge in [-0.05, 0) is 61.6 Å². The quantitative estimate of drug-likeness (QED) is 0.733. The number of thioether (sulfide) groups is 1. The average molecular weight is 359 g/mol. The summed E-state index contributed by atoms with van der Waals surface area (Å²) in [5.41, 5.74) is 3.61. The number of methoxy groups -OCH3 is 2. The minimum atomic E-state index is 0.183. The van der Waals surface area contributed by atoms with Crippen molar-refractivity contribution in [3.05, 3.63) is 46.0 Å². The Balaban J connectivity index is 1.65. The maximum absolute atomic E-state index is 12.7. The van der Waals surface area contributed by atoms with E-state index in [2.05, 4.69) is 12.1 Å². The molecule has 2 aliphatic rings. The molecule has 0 spiro atoms. The fourth-order valence-electron chi connectivity index (χ4n) is 3.54. The third-order valence-corrected chi connectivity index (χ3v) is 5.61. The summed E-state index contributed by atoms with van der Waals surface area (Å²) in [6, 6.07) is 6.01. The van der Waals surface area contributed by atoms with E-state index in [-0.39, 0.29) is 5.91 Å². The molecule has 0 saturated carbocycles. The van der Waals surface area contributed by atoms with Crippen molar-refractivity contribution >= 4 is 17.7 Å². The highest BCUT2D eigenvalue weighted by molar-refractivity contribution is 8.03. The van der Waals surface area contributed by atoms with Crippen LogP contribution in [0.2, 0.25) is 0 Å². The smallest absolute Gasteiger partial charge is 0.265 e. The van der Waals surface area contributed by atoms with Gasteiger partial charge in [-0.1, -0.05) is 12.1 Å². The molecule has 0 bridgehead atoms. The molecule has 1 aliphatic carbocycles. The summed E-state index contributed by atoms with van der Waals surface area (Å²) in [4.78, 5) is 15.6. The van der Waals surface area contributed by atoms with Crippen molar-refractivity contribution in [3.8, 4) is 11.5 Å². The third-order valence-electron chi connectivity index (χ3n) is 4.78. The number of hydrogen-bond acceptors (Lipinski definition) is 4. The number of aryl methyl sites for hydroxylation is 1. The second-order valence-electron chi connectivity index (χ2n) is 6.24. The zero-order chi connectivity index (χ0) is 17.8. The molecule has 25 heavy (non-hydrogen) atoms. The second-order valence-corrected chi connectivity index (χ2v) is 7.06. The molecule has 1 amide bonds. The van der Waals surface area contributed by atoms with Crippen LogP contribution in [0.4, 0.5) is 0 Å². The van der Waals surface area contributed by atoms with Crippen molar-refractivity contribution in [2.24, 2.45) is 0 Å². The molecule has 1 aliphatic heterocycles. The molecule has 134 valence electrons. The Morgan fingerprint density at radius 3 is 2.72 bits per heavy atom. The van der Waals surface area contributed by atoms with Crippen LogP contribution in [0.3, 0.4) is 0 Å². The van der Waals surface area contributed by atoms with Gasteiger partial charge < -0.3 is 14.4 Å². The summed E-state index contributed by atoms with van der Waals surface area (Å²) in [7, 11) is 3.29. The number of rotatable bonds is 7. The Morgan fingerprint density at radius 2 is 2.00 bits per heavy atom. The van der Waals surface area contributed by atoms with Gasteiger partial charge in [0.25, 0.3) is 5.91 Å². The van der Waals surface area contributed by atoms with Gasteiger partial charge in [-0.25, -0.2) is 0 Å². The highest BCUT2D eigenvalue weighted by atomic mass is 32.2. The van der Waals surface area contributed by atoms with Crippen LogP contribution in [-0.2, 0) is 11.2 Å². The Labute approximate surface area is 153 Å². The zero-order valence-electron chi connectivity index (χ0n) is 15.1. The number of carbonyl (C=O) groups is 1. The average Bonchev–Trinajstić information content (AvgIpc) is 2.92. The number of nitrogens with zero attached hydrogens (tertiary/aromatic N) is 1. The predicted molar refractivity (Wildman–Crippen MR) is 102 cm³/mol. The first-order chi connectivity index (χ1) is 12.2. The second kappa shape index (κ2) is 8.00. The molecule has 1 aromatic rings. The number of benzene rings is 1. The van der Waals surface area contributed by atoms with Crippen LogP contribution in [0.15, 0.2) is 40.5 Å². The van der Waals surface area contributed by atoms with Gasteiger partial charge >= 0.3 is 0 Å². The van der Waals surface area contributed by atoms with Gasteiger partial charge in [0.15, 0.2) is 11.5 Å². The lowest BCUT2D eigenvalue weighted by atomic mass is 9.99. The summed E-state index contributed by atoms with van der Waals surface area (Å²) in [5, 5.41) is 0. The summed E-state index contributed by atoms with van der Waals surface area (Å²) in [6.45, 7) is 0.757. The van der Waals surface area contributed by atoms with Gasteiger partial charge in [0.05, 0.1) is 19.1 Å². The van der Waals surface area contributed by atoms with E-state index in [1.54, 1.807) is 26.0 Å². The van der Waals surface area contributed by atoms with Gasteiger partial charge in [0.2, 0.25) is 0 Å². The monoisotopic (exact) mass is 359 g/mol. The Kier molecular flexibility index (Phi) is 5.74. The number of ether oxygens (including phenoxy) is 2. The molecule has 3 rings (SSSR count). The van der Waals surface area contributed by atoms with Gasteiger partial charge in [-0.15, -0.1) is 11.8 Å². The molecule has 4 nitrogen and oxygen atoms in total. The first kappa shape index (κ1) is 17.9. The fraction of sp³-hybridized carbons (Fsp3) is 0.450. The molecule has 5 heteroatoms. The fourth-order valence-corrected chi connectivity index (χ4v) is 4.28. The van der Waals surface area contributed by atoms with Crippen LogP contribution < -0.4 is 9.47 Å². The van der Waals surface area contributed by atoms with E-state index in [4.69, 9.17) is 9.47 Å². The lowest BCUT2D eigenvalue weighted by Gasteiger charge is -2.22. The summed E-state index contributed by atoms with van der Waals surface area (Å²) in [6.07, 6.45) is 9.31. The molecule has 1 heterocycles. The van der Waals surface area contributed by atoms with E-state index in [1.165, 1.54) is 11.1 Å². The van der Waals surface area contributed by atoms with Crippen LogP contribution in [0.5, 0.6) is 11.5 Å². The molecule has 0 atom stereocenters. The van der Waals surface area contributed by atoms with Gasteiger partial charge in [0.1, 0.15) is 0 Å². The molecule has 1 aromatic carbocycles. The van der Waals surface area contributed by atoms with E-state index in [0.717, 1.165) is 60.8 Å². The molecule has 0 N–H and O–H groups in total. The summed E-state index contributed by atoms with van der Waals surface area (Å²) < 4.78 is 10.6. The summed E-state index contributed by atoms with van der Waals surface area (Å²) >= 11 is 1.59. The van der Waals surface area contributed by atoms with E-state index < -0.39 is 0 Å². The van der Waals surface area contributed by atoms with E-state index >= 15 is 0 Å². The zero-order valence-corrected chi connectivity index (χ0v) is 15.9. The largest absolute Gasteiger partial charge is 0.493 e. The van der Waals surface area contributed by atoms with Gasteiger partial charge in [-0.2, -0.15) is 0 Å². The molecule has 0 aromatic heterocycles. The van der Waals surface area contributed by atoms with Crippen molar-refractivity contribution in [1.82, 2.24) is 4.90 Å². The third kappa shape index (κ3) is 3.56. The number of carbonyl (C=O) groups excluding carboxylic acids is 1. The highest BCUT2D eigenvalue weighted by Crippen LogP contribution is 2.40. The van der Waals surface area contributed by atoms with Crippen molar-refractivity contribution in [1.29, 1.82) is 0 Å². The Morgan fingerprint density at radius 1 is 1.20 bits per heavy atom. The molecule has 0 radical (unpaired) electrons. The number of hydrogen-bond donors (Lipinski definition) is 0. The van der Waals surface area contributed by atoms with Gasteiger partial charge in [0, 0.05) is 12.2 Å². The lowest BCUT2D eigenvalue weighted by molar-refractivity contribution is -0.123. The topological polar surface area (TPSA) is 38.8 Å². The lowest BCUT2D eigenvalue weighted by Crippen LogP contribution is -2.27. The van der Waals surface area contributed by atoms with Crippen LogP contribution in [0.25, 0.3) is 0 Å². The van der Waals surface area contributed by atoms with Crippen molar-refractivity contribution in [3.63, 3.8) is 0 Å². The minimum Gasteiger partial charge on any atom is -0.493 e. The SMILES string of the molecule is COc1ccc(CCCN2C(=O)C(SC)=C3CCCC=C32)cc1OC. The van der Waals surface area contributed by atoms with Crippen molar-refractivity contribution < 1.29 is 14.3 Å². The molecular weight excluding hydrogens is 334 g/mol. The molecule has 0 saturated heterocycles. The van der Waals surface area contributed by atoms with Gasteiger partial charge in [-0.3, -0.25) is 4.79 Å². The summed E-state index contributed by atoms with van der Waals surface area (Å²) in [5.74, 6) is 1.68. The minimum absolute atomic E-state index is 0.183. The van der Waals surface area contributed by atoms with E-state index in [1.807, 2.05) is 23.3 Å². The predicted octanol–water partition coefficient (Wildman–Crippen LogP) is 4.16.